The van der Waals surface area contributed by atoms with Gasteiger partial charge in [0.25, 0.3) is 0 Å². The minimum atomic E-state index is -0.953. The van der Waals surface area contributed by atoms with Gasteiger partial charge in [-0.2, -0.15) is 4.98 Å². The van der Waals surface area contributed by atoms with Crippen LogP contribution in [0, 0.1) is 12.3 Å². The van der Waals surface area contributed by atoms with Crippen molar-refractivity contribution in [3.63, 3.8) is 0 Å². The molecule has 17 heavy (non-hydrogen) atoms. The van der Waals surface area contributed by atoms with Crippen molar-refractivity contribution in [2.45, 2.75) is 0 Å². The molecule has 6 nitrogen and oxygen atoms in total. The Balaban J connectivity index is 2.97. The van der Waals surface area contributed by atoms with Gasteiger partial charge in [-0.15, -0.1) is 6.42 Å². The number of carboxylic acid groups (broad SMARTS) is 1. The summed E-state index contributed by atoms with van der Waals surface area (Å²) in [5.74, 6) is 2.47. The summed E-state index contributed by atoms with van der Waals surface area (Å²) in [4.78, 5) is 22.2. The molecular formula is C11H14N4O2. The summed E-state index contributed by atoms with van der Waals surface area (Å²) < 4.78 is 0. The molecule has 1 heterocycles. The Bertz CT molecular complexity index is 439. The van der Waals surface area contributed by atoms with Crippen LogP contribution in [0.1, 0.15) is 0 Å². The van der Waals surface area contributed by atoms with E-state index in [-0.39, 0.29) is 13.1 Å². The topological polar surface area (TPSA) is 69.6 Å². The molecular weight excluding hydrogens is 220 g/mol. The van der Waals surface area contributed by atoms with Gasteiger partial charge in [0.05, 0.1) is 6.54 Å². The Hall–Kier alpha value is -2.29. The van der Waals surface area contributed by atoms with Crippen LogP contribution in [0.2, 0.25) is 0 Å². The van der Waals surface area contributed by atoms with Crippen molar-refractivity contribution in [3.8, 4) is 12.3 Å². The van der Waals surface area contributed by atoms with E-state index in [1.54, 1.807) is 17.2 Å². The first kappa shape index (κ1) is 12.8. The van der Waals surface area contributed by atoms with Crippen LogP contribution in [-0.2, 0) is 4.79 Å². The standard InChI is InChI=1S/C11H14N4O2/c1-4-7-15(8-10(16)17)9-5-6-12-11(13-9)14(2)3/h1,5-6H,7-8H2,2-3H3,(H,16,17). The molecule has 6 heteroatoms. The fourth-order valence-electron chi connectivity index (χ4n) is 1.22. The maximum atomic E-state index is 10.7. The third-order valence-corrected chi connectivity index (χ3v) is 1.96. The normalized spacial score (nSPS) is 9.47. The predicted molar refractivity (Wildman–Crippen MR) is 65.0 cm³/mol. The van der Waals surface area contributed by atoms with E-state index < -0.39 is 5.97 Å². The van der Waals surface area contributed by atoms with Crippen LogP contribution in [0.3, 0.4) is 0 Å². The molecule has 0 atom stereocenters. The van der Waals surface area contributed by atoms with Crippen molar-refractivity contribution in [3.05, 3.63) is 12.3 Å². The van der Waals surface area contributed by atoms with Crippen LogP contribution >= 0.6 is 0 Å². The summed E-state index contributed by atoms with van der Waals surface area (Å²) in [6.07, 6.45) is 6.77. The number of hydrogen-bond donors (Lipinski definition) is 1. The van der Waals surface area contributed by atoms with Gasteiger partial charge in [-0.05, 0) is 6.07 Å². The molecule has 0 saturated heterocycles. The van der Waals surface area contributed by atoms with E-state index in [4.69, 9.17) is 11.5 Å². The number of hydrogen-bond acceptors (Lipinski definition) is 5. The summed E-state index contributed by atoms with van der Waals surface area (Å²) in [6.45, 7) is 0.00423. The molecule has 0 aliphatic carbocycles. The average Bonchev–Trinajstić information content (AvgIpc) is 2.28. The highest BCUT2D eigenvalue weighted by Gasteiger charge is 2.12. The molecule has 1 rings (SSSR count). The van der Waals surface area contributed by atoms with Crippen LogP contribution in [0.4, 0.5) is 11.8 Å². The molecule has 1 aromatic rings. The SMILES string of the molecule is C#CCN(CC(=O)O)c1ccnc(N(C)C)n1. The fraction of sp³-hybridized carbons (Fsp3) is 0.364. The van der Waals surface area contributed by atoms with Crippen LogP contribution < -0.4 is 9.80 Å². The van der Waals surface area contributed by atoms with Gasteiger partial charge in [0, 0.05) is 20.3 Å². The van der Waals surface area contributed by atoms with Gasteiger partial charge >= 0.3 is 5.97 Å². The Morgan fingerprint density at radius 1 is 1.59 bits per heavy atom. The first-order valence-electron chi connectivity index (χ1n) is 4.95. The van der Waals surface area contributed by atoms with E-state index in [0.29, 0.717) is 11.8 Å². The lowest BCUT2D eigenvalue weighted by Gasteiger charge is -2.20. The molecule has 1 N–H and O–H groups in total. The zero-order valence-electron chi connectivity index (χ0n) is 9.79. The van der Waals surface area contributed by atoms with Crippen molar-refractivity contribution in [2.24, 2.45) is 0 Å². The molecule has 0 aliphatic heterocycles. The van der Waals surface area contributed by atoms with E-state index in [1.807, 2.05) is 14.1 Å². The molecule has 1 aromatic heterocycles. The Labute approximate surface area is 99.9 Å². The number of carboxylic acids is 1. The highest BCUT2D eigenvalue weighted by molar-refractivity contribution is 5.73. The van der Waals surface area contributed by atoms with Crippen LogP contribution in [0.5, 0.6) is 0 Å². The number of carbonyl (C=O) groups is 1. The zero-order valence-corrected chi connectivity index (χ0v) is 9.79. The highest BCUT2D eigenvalue weighted by Crippen LogP contribution is 2.12. The third kappa shape index (κ3) is 3.65. The number of rotatable bonds is 5. The van der Waals surface area contributed by atoms with Gasteiger partial charge < -0.3 is 14.9 Å². The van der Waals surface area contributed by atoms with Crippen molar-refractivity contribution in [1.29, 1.82) is 0 Å². The molecule has 0 radical (unpaired) electrons. The first-order chi connectivity index (χ1) is 8.04. The second-order valence-electron chi connectivity index (χ2n) is 3.56. The van der Waals surface area contributed by atoms with Gasteiger partial charge in [-0.25, -0.2) is 4.98 Å². The lowest BCUT2D eigenvalue weighted by atomic mass is 10.4. The molecule has 0 aromatic carbocycles. The maximum Gasteiger partial charge on any atom is 0.323 e. The Morgan fingerprint density at radius 2 is 2.29 bits per heavy atom. The van der Waals surface area contributed by atoms with E-state index in [2.05, 4.69) is 15.9 Å². The molecule has 0 aliphatic rings. The Kier molecular flexibility index (Phi) is 4.29. The van der Waals surface area contributed by atoms with Gasteiger partial charge in [-0.3, -0.25) is 4.79 Å². The molecule has 0 fully saturated rings. The number of nitrogens with zero attached hydrogens (tertiary/aromatic N) is 4. The second-order valence-corrected chi connectivity index (χ2v) is 3.56. The van der Waals surface area contributed by atoms with Crippen LogP contribution in [0.25, 0.3) is 0 Å². The third-order valence-electron chi connectivity index (χ3n) is 1.96. The monoisotopic (exact) mass is 234 g/mol. The molecule has 0 amide bonds. The number of anilines is 2. The molecule has 0 unspecified atom stereocenters. The second kappa shape index (κ2) is 5.70. The van der Waals surface area contributed by atoms with Crippen molar-refractivity contribution in [2.75, 3.05) is 37.0 Å². The minimum absolute atomic E-state index is 0.186. The summed E-state index contributed by atoms with van der Waals surface area (Å²) in [7, 11) is 3.61. The summed E-state index contributed by atoms with van der Waals surface area (Å²) in [6, 6.07) is 1.63. The average molecular weight is 234 g/mol. The van der Waals surface area contributed by atoms with Crippen molar-refractivity contribution in [1.82, 2.24) is 9.97 Å². The predicted octanol–water partition coefficient (Wildman–Crippen LogP) is 0.0668. The van der Waals surface area contributed by atoms with Gasteiger partial charge in [0.2, 0.25) is 5.95 Å². The Morgan fingerprint density at radius 3 is 2.82 bits per heavy atom. The highest BCUT2D eigenvalue weighted by atomic mass is 16.4. The number of aliphatic carboxylic acids is 1. The fourth-order valence-corrected chi connectivity index (χ4v) is 1.22. The van der Waals surface area contributed by atoms with Crippen molar-refractivity contribution < 1.29 is 9.90 Å². The lowest BCUT2D eigenvalue weighted by molar-refractivity contribution is -0.135. The molecule has 90 valence electrons. The van der Waals surface area contributed by atoms with E-state index in [9.17, 15) is 4.79 Å². The zero-order chi connectivity index (χ0) is 12.8. The largest absolute Gasteiger partial charge is 0.480 e. The lowest BCUT2D eigenvalue weighted by Crippen LogP contribution is -2.31. The number of terminal acetylenes is 1. The van der Waals surface area contributed by atoms with Gasteiger partial charge in [-0.1, -0.05) is 5.92 Å². The molecule has 0 spiro atoms. The van der Waals surface area contributed by atoms with E-state index in [0.717, 1.165) is 0 Å². The van der Waals surface area contributed by atoms with Crippen molar-refractivity contribution >= 4 is 17.7 Å². The van der Waals surface area contributed by atoms with Gasteiger partial charge in [0.1, 0.15) is 12.4 Å². The van der Waals surface area contributed by atoms with E-state index >= 15 is 0 Å². The molecule has 0 bridgehead atoms. The van der Waals surface area contributed by atoms with Crippen LogP contribution in [0.15, 0.2) is 12.3 Å². The molecule has 0 saturated carbocycles. The summed E-state index contributed by atoms with van der Waals surface area (Å²) in [5, 5.41) is 8.79. The minimum Gasteiger partial charge on any atom is -0.480 e. The maximum absolute atomic E-state index is 10.7. The van der Waals surface area contributed by atoms with E-state index in [1.165, 1.54) is 4.90 Å². The summed E-state index contributed by atoms with van der Waals surface area (Å²) in [5.41, 5.74) is 0. The number of aromatic nitrogens is 2. The smallest absolute Gasteiger partial charge is 0.323 e. The quantitative estimate of drug-likeness (QED) is 0.727. The first-order valence-corrected chi connectivity index (χ1v) is 4.95. The summed E-state index contributed by atoms with van der Waals surface area (Å²) >= 11 is 0. The van der Waals surface area contributed by atoms with Gasteiger partial charge in [0.15, 0.2) is 0 Å². The van der Waals surface area contributed by atoms with Crippen LogP contribution in [-0.4, -0.2) is 48.2 Å².